The van der Waals surface area contributed by atoms with E-state index < -0.39 is 9.84 Å². The lowest BCUT2D eigenvalue weighted by atomic mass is 10.2. The van der Waals surface area contributed by atoms with Gasteiger partial charge in [0, 0.05) is 24.6 Å². The van der Waals surface area contributed by atoms with Crippen LogP contribution >= 0.6 is 11.6 Å². The van der Waals surface area contributed by atoms with E-state index in [1.165, 1.54) is 0 Å². The molecule has 1 atom stereocenters. The van der Waals surface area contributed by atoms with E-state index in [9.17, 15) is 13.2 Å². The third-order valence-corrected chi connectivity index (χ3v) is 2.86. The number of halogens is 1. The largest absolute Gasteiger partial charge is 0.355 e. The van der Waals surface area contributed by atoms with E-state index >= 15 is 0 Å². The van der Waals surface area contributed by atoms with Crippen molar-refractivity contribution in [3.8, 4) is 0 Å². The van der Waals surface area contributed by atoms with Gasteiger partial charge in [0.05, 0.1) is 5.75 Å². The Morgan fingerprint density at radius 2 is 2.08 bits per heavy atom. The van der Waals surface area contributed by atoms with Crippen LogP contribution < -0.4 is 5.32 Å². The van der Waals surface area contributed by atoms with Crippen LogP contribution in [-0.2, 0) is 14.6 Å². The lowest BCUT2D eigenvalue weighted by molar-refractivity contribution is -0.123. The minimum absolute atomic E-state index is 0.0340. The highest BCUT2D eigenvalue weighted by Crippen LogP contribution is 1.96. The molecule has 0 aromatic carbocycles. The molecule has 78 valence electrons. The number of sulfone groups is 1. The lowest BCUT2D eigenvalue weighted by Crippen LogP contribution is -2.33. The molecular weight excluding hydrogens is 214 g/mol. The van der Waals surface area contributed by atoms with E-state index in [0.29, 0.717) is 0 Å². The highest BCUT2D eigenvalue weighted by atomic mass is 35.5. The van der Waals surface area contributed by atoms with Gasteiger partial charge in [-0.05, 0) is 0 Å². The number of hydrogen-bond donors (Lipinski definition) is 1. The highest BCUT2D eigenvalue weighted by molar-refractivity contribution is 7.90. The van der Waals surface area contributed by atoms with Crippen LogP contribution in [0.15, 0.2) is 0 Å². The molecule has 0 saturated heterocycles. The van der Waals surface area contributed by atoms with Gasteiger partial charge in [0.15, 0.2) is 0 Å². The van der Waals surface area contributed by atoms with Gasteiger partial charge in [-0.3, -0.25) is 4.79 Å². The first-order chi connectivity index (χ1) is 5.87. The normalized spacial score (nSPS) is 13.8. The summed E-state index contributed by atoms with van der Waals surface area (Å²) in [6, 6.07) is 0. The average molecular weight is 228 g/mol. The fourth-order valence-electron chi connectivity index (χ4n) is 0.604. The fraction of sp³-hybridized carbons (Fsp3) is 0.857. The summed E-state index contributed by atoms with van der Waals surface area (Å²) in [7, 11) is -3.00. The monoisotopic (exact) mass is 227 g/mol. The maximum atomic E-state index is 11.1. The molecule has 6 heteroatoms. The van der Waals surface area contributed by atoms with Gasteiger partial charge in [0.2, 0.25) is 5.91 Å². The summed E-state index contributed by atoms with van der Waals surface area (Å²) in [4.78, 5) is 11.1. The van der Waals surface area contributed by atoms with Crippen molar-refractivity contribution in [1.29, 1.82) is 0 Å². The summed E-state index contributed by atoms with van der Waals surface area (Å²) in [5.41, 5.74) is 0. The SMILES string of the molecule is CC(CCl)C(=O)NCCS(C)(=O)=O. The molecule has 1 amide bonds. The second-order valence-corrected chi connectivity index (χ2v) is 5.54. The predicted octanol–water partition coefficient (Wildman–Crippen LogP) is 0.0221. The Hall–Kier alpha value is -0.290. The zero-order chi connectivity index (χ0) is 10.5. The van der Waals surface area contributed by atoms with E-state index in [1.807, 2.05) is 0 Å². The Morgan fingerprint density at radius 1 is 1.54 bits per heavy atom. The second-order valence-electron chi connectivity index (χ2n) is 2.98. The highest BCUT2D eigenvalue weighted by Gasteiger charge is 2.11. The Balaban J connectivity index is 3.72. The topological polar surface area (TPSA) is 63.2 Å². The summed E-state index contributed by atoms with van der Waals surface area (Å²) in [6.07, 6.45) is 1.13. The Morgan fingerprint density at radius 3 is 2.46 bits per heavy atom. The van der Waals surface area contributed by atoms with E-state index in [-0.39, 0.29) is 30.0 Å². The molecule has 1 N–H and O–H groups in total. The summed E-state index contributed by atoms with van der Waals surface area (Å²) in [5, 5.41) is 2.49. The third kappa shape index (κ3) is 6.83. The second kappa shape index (κ2) is 5.44. The van der Waals surface area contributed by atoms with Crippen molar-refractivity contribution < 1.29 is 13.2 Å². The van der Waals surface area contributed by atoms with Crippen LogP contribution in [0.4, 0.5) is 0 Å². The molecule has 0 rings (SSSR count). The van der Waals surface area contributed by atoms with E-state index in [4.69, 9.17) is 11.6 Å². The molecule has 0 aliphatic rings. The summed E-state index contributed by atoms with van der Waals surface area (Å²) < 4.78 is 21.3. The van der Waals surface area contributed by atoms with Crippen LogP contribution in [0.25, 0.3) is 0 Å². The van der Waals surface area contributed by atoms with Gasteiger partial charge in [0.25, 0.3) is 0 Å². The number of hydrogen-bond acceptors (Lipinski definition) is 3. The minimum atomic E-state index is -3.00. The zero-order valence-corrected chi connectivity index (χ0v) is 9.28. The number of carbonyl (C=O) groups excluding carboxylic acids is 1. The van der Waals surface area contributed by atoms with Crippen molar-refractivity contribution in [3.63, 3.8) is 0 Å². The molecule has 0 aliphatic carbocycles. The molecule has 0 bridgehead atoms. The molecule has 1 unspecified atom stereocenters. The number of amides is 1. The van der Waals surface area contributed by atoms with Crippen LogP contribution in [0, 0.1) is 5.92 Å². The lowest BCUT2D eigenvalue weighted by Gasteiger charge is -2.07. The van der Waals surface area contributed by atoms with E-state index in [2.05, 4.69) is 5.32 Å². The number of alkyl halides is 1. The zero-order valence-electron chi connectivity index (χ0n) is 7.71. The van der Waals surface area contributed by atoms with Crippen molar-refractivity contribution in [3.05, 3.63) is 0 Å². The average Bonchev–Trinajstić information content (AvgIpc) is 2.00. The summed E-state index contributed by atoms with van der Waals surface area (Å²) in [6.45, 7) is 1.83. The smallest absolute Gasteiger partial charge is 0.224 e. The summed E-state index contributed by atoms with van der Waals surface area (Å²) in [5.74, 6) is -0.279. The molecule has 4 nitrogen and oxygen atoms in total. The van der Waals surface area contributed by atoms with E-state index in [0.717, 1.165) is 6.26 Å². The van der Waals surface area contributed by atoms with Gasteiger partial charge in [-0.15, -0.1) is 11.6 Å². The van der Waals surface area contributed by atoms with Crippen molar-refractivity contribution >= 4 is 27.3 Å². The maximum absolute atomic E-state index is 11.1. The number of nitrogens with one attached hydrogen (secondary N) is 1. The molecule has 0 aromatic heterocycles. The molecule has 0 saturated carbocycles. The molecule has 0 heterocycles. The predicted molar refractivity (Wildman–Crippen MR) is 52.6 cm³/mol. The Labute approximate surface area is 83.6 Å². The van der Waals surface area contributed by atoms with Gasteiger partial charge in [-0.1, -0.05) is 6.92 Å². The van der Waals surface area contributed by atoms with Crippen LogP contribution in [0.1, 0.15) is 6.92 Å². The molecular formula is C7H14ClNO3S. The minimum Gasteiger partial charge on any atom is -0.355 e. The quantitative estimate of drug-likeness (QED) is 0.674. The third-order valence-electron chi connectivity index (χ3n) is 1.45. The first-order valence-electron chi connectivity index (χ1n) is 3.88. The number of rotatable bonds is 5. The van der Waals surface area contributed by atoms with Gasteiger partial charge in [-0.2, -0.15) is 0 Å². The van der Waals surface area contributed by atoms with E-state index in [1.54, 1.807) is 6.92 Å². The Kier molecular flexibility index (Phi) is 5.32. The molecule has 0 spiro atoms. The molecule has 0 aromatic rings. The molecule has 0 fully saturated rings. The van der Waals surface area contributed by atoms with Crippen molar-refractivity contribution in [2.75, 3.05) is 24.4 Å². The van der Waals surface area contributed by atoms with Crippen LogP contribution in [0.5, 0.6) is 0 Å². The molecule has 0 aliphatic heterocycles. The Bertz CT molecular complexity index is 263. The standard InChI is InChI=1S/C7H14ClNO3S/c1-6(5-8)7(10)9-3-4-13(2,11)12/h6H,3-5H2,1-2H3,(H,9,10). The summed E-state index contributed by atoms with van der Waals surface area (Å²) >= 11 is 5.44. The van der Waals surface area contributed by atoms with Gasteiger partial charge >= 0.3 is 0 Å². The number of carbonyl (C=O) groups is 1. The van der Waals surface area contributed by atoms with Gasteiger partial charge in [-0.25, -0.2) is 8.42 Å². The molecule has 13 heavy (non-hydrogen) atoms. The fourth-order valence-corrected chi connectivity index (χ4v) is 1.22. The van der Waals surface area contributed by atoms with Gasteiger partial charge in [0.1, 0.15) is 9.84 Å². The maximum Gasteiger partial charge on any atom is 0.224 e. The van der Waals surface area contributed by atoms with Crippen LogP contribution in [0.2, 0.25) is 0 Å². The van der Waals surface area contributed by atoms with Gasteiger partial charge < -0.3 is 5.32 Å². The van der Waals surface area contributed by atoms with Crippen molar-refractivity contribution in [1.82, 2.24) is 5.32 Å². The van der Waals surface area contributed by atoms with Crippen molar-refractivity contribution in [2.45, 2.75) is 6.92 Å². The van der Waals surface area contributed by atoms with Crippen LogP contribution in [-0.4, -0.2) is 38.8 Å². The first-order valence-corrected chi connectivity index (χ1v) is 6.47. The van der Waals surface area contributed by atoms with Crippen molar-refractivity contribution in [2.24, 2.45) is 5.92 Å². The first kappa shape index (κ1) is 12.7. The molecule has 0 radical (unpaired) electrons. The van der Waals surface area contributed by atoms with Crippen LogP contribution in [0.3, 0.4) is 0 Å².